The first-order valence-electron chi connectivity index (χ1n) is 9.65. The highest BCUT2D eigenvalue weighted by atomic mass is 19.1. The number of imidazole rings is 1. The SMILES string of the molecule is CC(C)n1ccnc1CN1CCC(c2[nH]ncc2-c2cccc(F)c2)CC1. The number of hydrogen-bond donors (Lipinski definition) is 1. The molecule has 1 N–H and O–H groups in total. The zero-order chi connectivity index (χ0) is 18.8. The molecule has 1 aliphatic rings. The van der Waals surface area contributed by atoms with Crippen molar-refractivity contribution in [2.75, 3.05) is 13.1 Å². The summed E-state index contributed by atoms with van der Waals surface area (Å²) in [6.45, 7) is 7.30. The summed E-state index contributed by atoms with van der Waals surface area (Å²) in [5.74, 6) is 1.34. The predicted octanol–water partition coefficient (Wildman–Crippen LogP) is 4.37. The molecule has 0 saturated carbocycles. The van der Waals surface area contributed by atoms with Gasteiger partial charge in [-0.3, -0.25) is 10.00 Å². The Morgan fingerprint density at radius 2 is 2.07 bits per heavy atom. The maximum atomic E-state index is 13.6. The fraction of sp³-hybridized carbons (Fsp3) is 0.429. The molecule has 142 valence electrons. The van der Waals surface area contributed by atoms with Gasteiger partial charge in [0, 0.05) is 35.6 Å². The van der Waals surface area contributed by atoms with E-state index in [4.69, 9.17) is 0 Å². The molecule has 6 heteroatoms. The summed E-state index contributed by atoms with van der Waals surface area (Å²) in [7, 11) is 0. The van der Waals surface area contributed by atoms with E-state index in [1.54, 1.807) is 12.1 Å². The number of H-pyrrole nitrogens is 1. The second-order valence-electron chi connectivity index (χ2n) is 7.60. The van der Waals surface area contributed by atoms with Gasteiger partial charge in [0.15, 0.2) is 0 Å². The molecule has 2 aromatic heterocycles. The molecule has 27 heavy (non-hydrogen) atoms. The van der Waals surface area contributed by atoms with E-state index in [9.17, 15) is 4.39 Å². The summed E-state index contributed by atoms with van der Waals surface area (Å²) >= 11 is 0. The Morgan fingerprint density at radius 1 is 1.26 bits per heavy atom. The second kappa shape index (κ2) is 7.64. The maximum Gasteiger partial charge on any atom is 0.123 e. The number of benzene rings is 1. The number of aromatic amines is 1. The summed E-state index contributed by atoms with van der Waals surface area (Å²) in [4.78, 5) is 7.00. The molecular weight excluding hydrogens is 341 g/mol. The Labute approximate surface area is 159 Å². The number of nitrogens with one attached hydrogen (secondary N) is 1. The lowest BCUT2D eigenvalue weighted by molar-refractivity contribution is 0.196. The van der Waals surface area contributed by atoms with Crippen LogP contribution in [-0.2, 0) is 6.54 Å². The largest absolute Gasteiger partial charge is 0.331 e. The van der Waals surface area contributed by atoms with Crippen molar-refractivity contribution >= 4 is 0 Å². The molecule has 3 heterocycles. The third-order valence-electron chi connectivity index (χ3n) is 5.47. The highest BCUT2D eigenvalue weighted by molar-refractivity contribution is 5.65. The van der Waals surface area contributed by atoms with E-state index in [0.717, 1.165) is 55.1 Å². The van der Waals surface area contributed by atoms with Crippen LogP contribution in [0.5, 0.6) is 0 Å². The maximum absolute atomic E-state index is 13.6. The van der Waals surface area contributed by atoms with Crippen LogP contribution in [0.4, 0.5) is 4.39 Å². The molecule has 0 atom stereocenters. The van der Waals surface area contributed by atoms with Crippen LogP contribution in [0.1, 0.15) is 50.2 Å². The Hall–Kier alpha value is -2.47. The monoisotopic (exact) mass is 367 g/mol. The Morgan fingerprint density at radius 3 is 2.81 bits per heavy atom. The van der Waals surface area contributed by atoms with E-state index in [2.05, 4.69) is 44.7 Å². The number of likely N-dealkylation sites (tertiary alicyclic amines) is 1. The van der Waals surface area contributed by atoms with Gasteiger partial charge in [0.05, 0.1) is 12.7 Å². The molecule has 0 unspecified atom stereocenters. The van der Waals surface area contributed by atoms with E-state index in [1.807, 2.05) is 18.5 Å². The molecule has 0 aliphatic carbocycles. The van der Waals surface area contributed by atoms with Gasteiger partial charge in [-0.05, 0) is 57.5 Å². The average molecular weight is 367 g/mol. The number of halogens is 1. The Balaban J connectivity index is 1.43. The zero-order valence-electron chi connectivity index (χ0n) is 15.9. The fourth-order valence-corrected chi connectivity index (χ4v) is 4.01. The van der Waals surface area contributed by atoms with Crippen LogP contribution in [0.3, 0.4) is 0 Å². The standard InChI is InChI=1S/C21H26FN5/c1-15(2)27-11-8-23-20(27)14-26-9-6-16(7-10-26)21-19(13-24-25-21)17-4-3-5-18(22)12-17/h3-5,8,11-13,15-16H,6-7,9-10,14H2,1-2H3,(H,24,25). The molecule has 5 nitrogen and oxygen atoms in total. The predicted molar refractivity (Wildman–Crippen MR) is 104 cm³/mol. The fourth-order valence-electron chi connectivity index (χ4n) is 4.01. The van der Waals surface area contributed by atoms with E-state index in [-0.39, 0.29) is 5.82 Å². The summed E-state index contributed by atoms with van der Waals surface area (Å²) in [6.07, 6.45) is 7.89. The topological polar surface area (TPSA) is 49.7 Å². The van der Waals surface area contributed by atoms with Gasteiger partial charge in [-0.1, -0.05) is 12.1 Å². The molecule has 0 bridgehead atoms. The van der Waals surface area contributed by atoms with Crippen LogP contribution < -0.4 is 0 Å². The van der Waals surface area contributed by atoms with Crippen LogP contribution in [0.2, 0.25) is 0 Å². The first-order valence-corrected chi connectivity index (χ1v) is 9.65. The van der Waals surface area contributed by atoms with Gasteiger partial charge in [0.2, 0.25) is 0 Å². The molecule has 3 aromatic rings. The first-order chi connectivity index (χ1) is 13.1. The van der Waals surface area contributed by atoms with Crippen molar-refractivity contribution in [3.63, 3.8) is 0 Å². The van der Waals surface area contributed by atoms with Crippen molar-refractivity contribution in [2.24, 2.45) is 0 Å². The van der Waals surface area contributed by atoms with Crippen molar-refractivity contribution in [1.29, 1.82) is 0 Å². The van der Waals surface area contributed by atoms with Gasteiger partial charge < -0.3 is 4.57 Å². The van der Waals surface area contributed by atoms with Crippen molar-refractivity contribution in [1.82, 2.24) is 24.6 Å². The lowest BCUT2D eigenvalue weighted by Gasteiger charge is -2.32. The highest BCUT2D eigenvalue weighted by Gasteiger charge is 2.25. The summed E-state index contributed by atoms with van der Waals surface area (Å²) in [5.41, 5.74) is 3.03. The van der Waals surface area contributed by atoms with Crippen LogP contribution in [-0.4, -0.2) is 37.7 Å². The molecule has 1 fully saturated rings. The molecule has 0 spiro atoms. The highest BCUT2D eigenvalue weighted by Crippen LogP contribution is 2.34. The lowest BCUT2D eigenvalue weighted by atomic mass is 9.89. The minimum Gasteiger partial charge on any atom is -0.331 e. The summed E-state index contributed by atoms with van der Waals surface area (Å²) in [5, 5.41) is 7.41. The number of hydrogen-bond acceptors (Lipinski definition) is 3. The third-order valence-corrected chi connectivity index (χ3v) is 5.47. The van der Waals surface area contributed by atoms with Crippen molar-refractivity contribution in [3.8, 4) is 11.1 Å². The molecule has 1 saturated heterocycles. The molecule has 1 aromatic carbocycles. The Kier molecular flexibility index (Phi) is 5.07. The molecule has 0 radical (unpaired) electrons. The van der Waals surface area contributed by atoms with Crippen LogP contribution in [0.25, 0.3) is 11.1 Å². The first kappa shape index (κ1) is 17.9. The van der Waals surface area contributed by atoms with E-state index in [1.165, 1.54) is 6.07 Å². The minimum atomic E-state index is -0.213. The van der Waals surface area contributed by atoms with E-state index in [0.29, 0.717) is 12.0 Å². The minimum absolute atomic E-state index is 0.213. The van der Waals surface area contributed by atoms with Gasteiger partial charge in [0.25, 0.3) is 0 Å². The van der Waals surface area contributed by atoms with Crippen molar-refractivity contribution < 1.29 is 4.39 Å². The zero-order valence-corrected chi connectivity index (χ0v) is 15.9. The number of rotatable bonds is 5. The van der Waals surface area contributed by atoms with Crippen LogP contribution >= 0.6 is 0 Å². The van der Waals surface area contributed by atoms with Crippen molar-refractivity contribution in [2.45, 2.75) is 45.2 Å². The van der Waals surface area contributed by atoms with Gasteiger partial charge >= 0.3 is 0 Å². The number of nitrogens with zero attached hydrogens (tertiary/aromatic N) is 4. The molecular formula is C21H26FN5. The van der Waals surface area contributed by atoms with E-state index < -0.39 is 0 Å². The van der Waals surface area contributed by atoms with Gasteiger partial charge in [-0.2, -0.15) is 5.10 Å². The Bertz CT molecular complexity index is 889. The quantitative estimate of drug-likeness (QED) is 0.728. The molecule has 4 rings (SSSR count). The normalized spacial score (nSPS) is 16.3. The summed E-state index contributed by atoms with van der Waals surface area (Å²) < 4.78 is 15.8. The second-order valence-corrected chi connectivity index (χ2v) is 7.60. The lowest BCUT2D eigenvalue weighted by Crippen LogP contribution is -2.33. The average Bonchev–Trinajstić information content (AvgIpc) is 3.32. The van der Waals surface area contributed by atoms with Crippen molar-refractivity contribution in [3.05, 3.63) is 60.2 Å². The van der Waals surface area contributed by atoms with Crippen LogP contribution in [0.15, 0.2) is 42.9 Å². The van der Waals surface area contributed by atoms with Gasteiger partial charge in [0.1, 0.15) is 11.6 Å². The van der Waals surface area contributed by atoms with E-state index >= 15 is 0 Å². The van der Waals surface area contributed by atoms with Gasteiger partial charge in [-0.15, -0.1) is 0 Å². The molecule has 1 aliphatic heterocycles. The van der Waals surface area contributed by atoms with Crippen LogP contribution in [0, 0.1) is 5.82 Å². The number of aromatic nitrogens is 4. The number of piperidine rings is 1. The molecule has 0 amide bonds. The summed E-state index contributed by atoms with van der Waals surface area (Å²) in [6, 6.07) is 7.18. The third kappa shape index (κ3) is 3.81. The smallest absolute Gasteiger partial charge is 0.123 e. The van der Waals surface area contributed by atoms with Gasteiger partial charge in [-0.25, -0.2) is 9.37 Å².